The molecule has 2 aromatic heterocycles. The first-order chi connectivity index (χ1) is 8.74. The number of fused-ring (bicyclic) bond motifs is 1. The highest BCUT2D eigenvalue weighted by atomic mass is 35.5. The maximum atomic E-state index is 6.20. The zero-order chi connectivity index (χ0) is 12.5. The van der Waals surface area contributed by atoms with Crippen molar-refractivity contribution in [2.75, 3.05) is 13.1 Å². The summed E-state index contributed by atoms with van der Waals surface area (Å²) in [5.41, 5.74) is 2.25. The maximum Gasteiger partial charge on any atom is 0.155 e. The molecule has 1 aliphatic rings. The van der Waals surface area contributed by atoms with Crippen LogP contribution in [0.5, 0.6) is 0 Å². The maximum absolute atomic E-state index is 6.20. The van der Waals surface area contributed by atoms with Crippen molar-refractivity contribution in [2.24, 2.45) is 5.92 Å². The van der Waals surface area contributed by atoms with Gasteiger partial charge < -0.3 is 9.72 Å². The molecule has 0 saturated carbocycles. The summed E-state index contributed by atoms with van der Waals surface area (Å²) in [5, 5.41) is 4.07. The summed E-state index contributed by atoms with van der Waals surface area (Å²) in [7, 11) is 0. The fraction of sp³-hybridized carbons (Fsp3) is 0.500. The lowest BCUT2D eigenvalue weighted by Gasteiger charge is -2.22. The Kier molecular flexibility index (Phi) is 3.27. The summed E-state index contributed by atoms with van der Waals surface area (Å²) in [6, 6.07) is 4.13. The quantitative estimate of drug-likeness (QED) is 0.903. The fourth-order valence-corrected chi connectivity index (χ4v) is 2.97. The van der Waals surface area contributed by atoms with Gasteiger partial charge in [0.05, 0.1) is 5.52 Å². The molecule has 1 fully saturated rings. The Balaban J connectivity index is 1.93. The third kappa shape index (κ3) is 2.25. The van der Waals surface area contributed by atoms with E-state index in [9.17, 15) is 0 Å². The number of hydrogen-bond acceptors (Lipinski definition) is 2. The van der Waals surface area contributed by atoms with Crippen LogP contribution in [0.2, 0.25) is 5.15 Å². The second kappa shape index (κ2) is 4.90. The normalized spacial score (nSPS) is 20.4. The van der Waals surface area contributed by atoms with Gasteiger partial charge in [-0.15, -0.1) is 0 Å². The van der Waals surface area contributed by atoms with Gasteiger partial charge in [-0.3, -0.25) is 0 Å². The Morgan fingerprint density at radius 2 is 2.39 bits per heavy atom. The molecule has 1 unspecified atom stereocenters. The summed E-state index contributed by atoms with van der Waals surface area (Å²) < 4.78 is 2.15. The molecule has 0 bridgehead atoms. The summed E-state index contributed by atoms with van der Waals surface area (Å²) >= 11 is 6.20. The van der Waals surface area contributed by atoms with Crippen LogP contribution >= 0.6 is 11.6 Å². The van der Waals surface area contributed by atoms with Gasteiger partial charge in [-0.1, -0.05) is 17.7 Å². The van der Waals surface area contributed by atoms with E-state index >= 15 is 0 Å². The summed E-state index contributed by atoms with van der Waals surface area (Å²) in [4.78, 5) is 4.53. The van der Waals surface area contributed by atoms with Gasteiger partial charge in [-0.2, -0.15) is 0 Å². The van der Waals surface area contributed by atoms with Crippen LogP contribution in [0.25, 0.3) is 5.52 Å². The lowest BCUT2D eigenvalue weighted by Crippen LogP contribution is -2.31. The zero-order valence-electron chi connectivity index (χ0n) is 10.6. The van der Waals surface area contributed by atoms with Crippen molar-refractivity contribution in [1.29, 1.82) is 0 Å². The number of piperidine rings is 1. The first-order valence-corrected chi connectivity index (χ1v) is 6.95. The van der Waals surface area contributed by atoms with Crippen LogP contribution in [0, 0.1) is 12.8 Å². The Bertz CT molecular complexity index is 555. The molecule has 18 heavy (non-hydrogen) atoms. The molecule has 3 nitrogen and oxygen atoms in total. The Morgan fingerprint density at radius 3 is 3.17 bits per heavy atom. The van der Waals surface area contributed by atoms with E-state index in [-0.39, 0.29) is 0 Å². The number of halogens is 1. The summed E-state index contributed by atoms with van der Waals surface area (Å²) in [6.45, 7) is 4.34. The number of aryl methyl sites for hydroxylation is 1. The summed E-state index contributed by atoms with van der Waals surface area (Å²) in [6.07, 6.45) is 5.68. The molecule has 3 rings (SSSR count). The topological polar surface area (TPSA) is 29.3 Å². The molecule has 0 aliphatic carbocycles. The zero-order valence-corrected chi connectivity index (χ0v) is 11.4. The SMILES string of the molecule is Cc1ccc2c(Cl)nc(CC3CCCNC3)n2c1. The van der Waals surface area contributed by atoms with E-state index in [1.54, 1.807) is 0 Å². The number of pyridine rings is 1. The minimum atomic E-state index is 0.619. The molecule has 0 spiro atoms. The Labute approximate surface area is 112 Å². The molecular weight excluding hydrogens is 246 g/mol. The lowest BCUT2D eigenvalue weighted by atomic mass is 9.96. The van der Waals surface area contributed by atoms with Crippen LogP contribution in [0.15, 0.2) is 18.3 Å². The van der Waals surface area contributed by atoms with Crippen molar-refractivity contribution in [3.63, 3.8) is 0 Å². The molecule has 4 heteroatoms. The number of nitrogens with one attached hydrogen (secondary N) is 1. The molecule has 2 aromatic rings. The van der Waals surface area contributed by atoms with Crippen molar-refractivity contribution in [2.45, 2.75) is 26.2 Å². The molecule has 0 amide bonds. The summed E-state index contributed by atoms with van der Waals surface area (Å²) in [5.74, 6) is 1.77. The van der Waals surface area contributed by atoms with E-state index in [1.807, 2.05) is 6.07 Å². The minimum absolute atomic E-state index is 0.619. The molecule has 0 aromatic carbocycles. The van der Waals surface area contributed by atoms with E-state index in [0.29, 0.717) is 11.1 Å². The first-order valence-electron chi connectivity index (χ1n) is 6.58. The number of hydrogen-bond donors (Lipinski definition) is 1. The molecule has 1 atom stereocenters. The van der Waals surface area contributed by atoms with Gasteiger partial charge in [0.2, 0.25) is 0 Å². The second-order valence-electron chi connectivity index (χ2n) is 5.20. The highest BCUT2D eigenvalue weighted by molar-refractivity contribution is 6.32. The Morgan fingerprint density at radius 1 is 1.50 bits per heavy atom. The van der Waals surface area contributed by atoms with Crippen LogP contribution in [-0.4, -0.2) is 22.5 Å². The number of nitrogens with zero attached hydrogens (tertiary/aromatic N) is 2. The number of aromatic nitrogens is 2. The van der Waals surface area contributed by atoms with Crippen LogP contribution in [-0.2, 0) is 6.42 Å². The highest BCUT2D eigenvalue weighted by Gasteiger charge is 2.17. The fourth-order valence-electron chi connectivity index (χ4n) is 2.71. The predicted molar refractivity (Wildman–Crippen MR) is 74.2 cm³/mol. The third-order valence-corrected chi connectivity index (χ3v) is 3.96. The smallest absolute Gasteiger partial charge is 0.155 e. The molecule has 1 aliphatic heterocycles. The van der Waals surface area contributed by atoms with Crippen LogP contribution in [0.4, 0.5) is 0 Å². The van der Waals surface area contributed by atoms with Gasteiger partial charge in [0, 0.05) is 12.6 Å². The molecular formula is C14H18ClN3. The highest BCUT2D eigenvalue weighted by Crippen LogP contribution is 2.22. The van der Waals surface area contributed by atoms with Gasteiger partial charge in [0.1, 0.15) is 5.82 Å². The van der Waals surface area contributed by atoms with Gasteiger partial charge in [0.25, 0.3) is 0 Å². The molecule has 1 saturated heterocycles. The molecule has 3 heterocycles. The number of imidazole rings is 1. The van der Waals surface area contributed by atoms with E-state index in [1.165, 1.54) is 18.4 Å². The van der Waals surface area contributed by atoms with E-state index < -0.39 is 0 Å². The third-order valence-electron chi connectivity index (χ3n) is 3.68. The van der Waals surface area contributed by atoms with Crippen molar-refractivity contribution in [3.05, 3.63) is 34.9 Å². The Hall–Kier alpha value is -1.06. The first kappa shape index (κ1) is 12.0. The van der Waals surface area contributed by atoms with Crippen molar-refractivity contribution >= 4 is 17.1 Å². The molecule has 96 valence electrons. The largest absolute Gasteiger partial charge is 0.316 e. The van der Waals surface area contributed by atoms with Gasteiger partial charge in [0.15, 0.2) is 5.15 Å². The van der Waals surface area contributed by atoms with Crippen LogP contribution in [0.3, 0.4) is 0 Å². The molecule has 1 N–H and O–H groups in total. The average molecular weight is 264 g/mol. The monoisotopic (exact) mass is 263 g/mol. The van der Waals surface area contributed by atoms with E-state index in [0.717, 1.165) is 30.9 Å². The van der Waals surface area contributed by atoms with Crippen molar-refractivity contribution in [1.82, 2.24) is 14.7 Å². The standard InChI is InChI=1S/C14H18ClN3/c1-10-4-5-12-14(15)17-13(18(12)9-10)7-11-3-2-6-16-8-11/h4-5,9,11,16H,2-3,6-8H2,1H3. The van der Waals surface area contributed by atoms with Gasteiger partial charge in [-0.25, -0.2) is 4.98 Å². The van der Waals surface area contributed by atoms with Gasteiger partial charge in [-0.05, 0) is 50.4 Å². The van der Waals surface area contributed by atoms with E-state index in [4.69, 9.17) is 11.6 Å². The average Bonchev–Trinajstić information content (AvgIpc) is 2.67. The van der Waals surface area contributed by atoms with E-state index in [2.05, 4.69) is 33.9 Å². The predicted octanol–water partition coefficient (Wildman–Crippen LogP) is 2.84. The molecule has 0 radical (unpaired) electrons. The minimum Gasteiger partial charge on any atom is -0.316 e. The van der Waals surface area contributed by atoms with Crippen LogP contribution in [0.1, 0.15) is 24.2 Å². The van der Waals surface area contributed by atoms with Crippen LogP contribution < -0.4 is 5.32 Å². The second-order valence-corrected chi connectivity index (χ2v) is 5.56. The van der Waals surface area contributed by atoms with Gasteiger partial charge >= 0.3 is 0 Å². The lowest BCUT2D eigenvalue weighted by molar-refractivity contribution is 0.370. The van der Waals surface area contributed by atoms with Crippen molar-refractivity contribution < 1.29 is 0 Å². The number of rotatable bonds is 2. The van der Waals surface area contributed by atoms with Crippen molar-refractivity contribution in [3.8, 4) is 0 Å².